The summed E-state index contributed by atoms with van der Waals surface area (Å²) in [5, 5.41) is 13.6. The molecule has 6 nitrogen and oxygen atoms in total. The minimum Gasteiger partial charge on any atom is -0.348 e. The van der Waals surface area contributed by atoms with Gasteiger partial charge in [0.1, 0.15) is 0 Å². The molecule has 2 aromatic heterocycles. The third kappa shape index (κ3) is 1.33. The molecule has 0 aliphatic heterocycles. The highest BCUT2D eigenvalue weighted by Crippen LogP contribution is 2.18. The van der Waals surface area contributed by atoms with Crippen LogP contribution in [0.3, 0.4) is 0 Å². The summed E-state index contributed by atoms with van der Waals surface area (Å²) >= 11 is 0. The van der Waals surface area contributed by atoms with Crippen molar-refractivity contribution in [3.8, 4) is 0 Å². The van der Waals surface area contributed by atoms with E-state index in [9.17, 15) is 0 Å². The fourth-order valence-electron chi connectivity index (χ4n) is 1.11. The third-order valence-electron chi connectivity index (χ3n) is 1.73. The molecule has 0 saturated carbocycles. The fraction of sp³-hybridized carbons (Fsp3) is 0.143. The molecule has 66 valence electrons. The van der Waals surface area contributed by atoms with E-state index in [1.807, 2.05) is 0 Å². The number of tetrazole rings is 1. The van der Waals surface area contributed by atoms with Crippen LogP contribution in [0.15, 0.2) is 25.2 Å². The molecule has 13 heavy (non-hydrogen) atoms. The number of allylic oxidation sites excluding steroid dienone is 1. The van der Waals surface area contributed by atoms with Crippen LogP contribution in [0, 0.1) is 0 Å². The van der Waals surface area contributed by atoms with Crippen molar-refractivity contribution in [3.05, 3.63) is 36.7 Å². The van der Waals surface area contributed by atoms with Gasteiger partial charge < -0.3 is 4.98 Å². The molecule has 0 amide bonds. The molecule has 0 aliphatic carbocycles. The largest absolute Gasteiger partial charge is 0.348 e. The van der Waals surface area contributed by atoms with Crippen LogP contribution in [0.5, 0.6) is 0 Å². The van der Waals surface area contributed by atoms with Crippen molar-refractivity contribution >= 4 is 0 Å². The number of imidazole rings is 1. The molecular formula is C7H8N6. The molecule has 2 rings (SSSR count). The molecule has 0 radical (unpaired) electrons. The molecule has 0 spiro atoms. The van der Waals surface area contributed by atoms with Crippen LogP contribution >= 0.6 is 0 Å². The third-order valence-corrected chi connectivity index (χ3v) is 1.73. The lowest BCUT2D eigenvalue weighted by molar-refractivity contribution is 0.865. The van der Waals surface area contributed by atoms with Crippen LogP contribution in [0.4, 0.5) is 0 Å². The monoisotopic (exact) mass is 176 g/mol. The summed E-state index contributed by atoms with van der Waals surface area (Å²) in [4.78, 5) is 6.88. The van der Waals surface area contributed by atoms with E-state index >= 15 is 0 Å². The summed E-state index contributed by atoms with van der Waals surface area (Å²) in [7, 11) is 0. The average Bonchev–Trinajstić information content (AvgIpc) is 2.76. The van der Waals surface area contributed by atoms with E-state index in [4.69, 9.17) is 0 Å². The van der Waals surface area contributed by atoms with Crippen LogP contribution in [0.1, 0.15) is 17.4 Å². The molecule has 6 heteroatoms. The van der Waals surface area contributed by atoms with Gasteiger partial charge in [-0.25, -0.2) is 4.98 Å². The summed E-state index contributed by atoms with van der Waals surface area (Å²) < 4.78 is 0. The molecule has 1 atom stereocenters. The zero-order chi connectivity index (χ0) is 9.10. The van der Waals surface area contributed by atoms with Crippen molar-refractivity contribution in [1.29, 1.82) is 0 Å². The molecule has 0 aromatic carbocycles. The maximum absolute atomic E-state index is 3.91. The Morgan fingerprint density at radius 1 is 1.54 bits per heavy atom. The van der Waals surface area contributed by atoms with Gasteiger partial charge in [-0.3, -0.25) is 0 Å². The van der Waals surface area contributed by atoms with Crippen LogP contribution in [-0.4, -0.2) is 30.6 Å². The molecule has 0 aliphatic rings. The highest BCUT2D eigenvalue weighted by Gasteiger charge is 2.15. The van der Waals surface area contributed by atoms with Gasteiger partial charge in [0.05, 0.1) is 12.2 Å². The lowest BCUT2D eigenvalue weighted by Gasteiger charge is -2.02. The van der Waals surface area contributed by atoms with Crippen LogP contribution in [0.2, 0.25) is 0 Å². The van der Waals surface area contributed by atoms with Gasteiger partial charge in [0.15, 0.2) is 5.82 Å². The Bertz CT molecular complexity index is 327. The Morgan fingerprint density at radius 3 is 3.00 bits per heavy atom. The minimum absolute atomic E-state index is 0.0822. The van der Waals surface area contributed by atoms with Crippen LogP contribution in [0.25, 0.3) is 0 Å². The van der Waals surface area contributed by atoms with E-state index in [2.05, 4.69) is 37.2 Å². The van der Waals surface area contributed by atoms with E-state index in [0.29, 0.717) is 5.82 Å². The SMILES string of the molecule is C=CC(c1nn[nH]n1)c1cnc[nH]1. The van der Waals surface area contributed by atoms with Crippen molar-refractivity contribution in [1.82, 2.24) is 30.6 Å². The molecule has 0 saturated heterocycles. The van der Waals surface area contributed by atoms with Gasteiger partial charge in [-0.05, 0) is 0 Å². The Kier molecular flexibility index (Phi) is 1.87. The molecular weight excluding hydrogens is 168 g/mol. The van der Waals surface area contributed by atoms with E-state index in [-0.39, 0.29) is 5.92 Å². The van der Waals surface area contributed by atoms with Crippen LogP contribution < -0.4 is 0 Å². The number of nitrogens with one attached hydrogen (secondary N) is 2. The molecule has 0 bridgehead atoms. The number of hydrogen-bond donors (Lipinski definition) is 2. The van der Waals surface area contributed by atoms with E-state index in [0.717, 1.165) is 5.69 Å². The van der Waals surface area contributed by atoms with Crippen molar-refractivity contribution in [2.45, 2.75) is 5.92 Å². The first-order chi connectivity index (χ1) is 6.42. The summed E-state index contributed by atoms with van der Waals surface area (Å²) in [6.07, 6.45) is 5.05. The highest BCUT2D eigenvalue weighted by atomic mass is 15.5. The van der Waals surface area contributed by atoms with Gasteiger partial charge in [-0.2, -0.15) is 5.21 Å². The van der Waals surface area contributed by atoms with E-state index < -0.39 is 0 Å². The number of aromatic amines is 2. The van der Waals surface area contributed by atoms with Gasteiger partial charge in [-0.1, -0.05) is 11.3 Å². The molecule has 2 aromatic rings. The van der Waals surface area contributed by atoms with Gasteiger partial charge in [0.25, 0.3) is 0 Å². The Balaban J connectivity index is 2.35. The zero-order valence-corrected chi connectivity index (χ0v) is 6.81. The second kappa shape index (κ2) is 3.18. The first-order valence-corrected chi connectivity index (χ1v) is 3.76. The highest BCUT2D eigenvalue weighted by molar-refractivity contribution is 5.20. The summed E-state index contributed by atoms with van der Waals surface area (Å²) in [5.41, 5.74) is 0.899. The van der Waals surface area contributed by atoms with Gasteiger partial charge >= 0.3 is 0 Å². The molecule has 0 fully saturated rings. The van der Waals surface area contributed by atoms with Crippen molar-refractivity contribution in [3.63, 3.8) is 0 Å². The number of aromatic nitrogens is 6. The lowest BCUT2D eigenvalue weighted by atomic mass is 10.1. The van der Waals surface area contributed by atoms with E-state index in [1.165, 1.54) is 0 Å². The first-order valence-electron chi connectivity index (χ1n) is 3.76. The molecule has 2 heterocycles. The predicted octanol–water partition coefficient (Wildman–Crippen LogP) is 0.241. The number of H-pyrrole nitrogens is 2. The van der Waals surface area contributed by atoms with Crippen molar-refractivity contribution in [2.24, 2.45) is 0 Å². The zero-order valence-electron chi connectivity index (χ0n) is 6.81. The fourth-order valence-corrected chi connectivity index (χ4v) is 1.11. The Hall–Kier alpha value is -1.98. The molecule has 2 N–H and O–H groups in total. The van der Waals surface area contributed by atoms with Gasteiger partial charge in [0, 0.05) is 11.9 Å². The van der Waals surface area contributed by atoms with Gasteiger partial charge in [0.2, 0.25) is 0 Å². The maximum Gasteiger partial charge on any atom is 0.187 e. The Morgan fingerprint density at radius 2 is 2.46 bits per heavy atom. The maximum atomic E-state index is 3.91. The first kappa shape index (κ1) is 7.66. The summed E-state index contributed by atoms with van der Waals surface area (Å²) in [6.45, 7) is 3.70. The van der Waals surface area contributed by atoms with Crippen LogP contribution in [-0.2, 0) is 0 Å². The average molecular weight is 176 g/mol. The number of rotatable bonds is 3. The predicted molar refractivity (Wildman–Crippen MR) is 44.8 cm³/mol. The van der Waals surface area contributed by atoms with Gasteiger partial charge in [-0.15, -0.1) is 16.8 Å². The quantitative estimate of drug-likeness (QED) is 0.656. The second-order valence-electron chi connectivity index (χ2n) is 2.49. The standard InChI is InChI=1S/C7H8N6/c1-2-5(6-3-8-4-9-6)7-10-12-13-11-7/h2-5H,1H2,(H,8,9)(H,10,11,12,13). The summed E-state index contributed by atoms with van der Waals surface area (Å²) in [5.74, 6) is 0.500. The smallest absolute Gasteiger partial charge is 0.187 e. The second-order valence-corrected chi connectivity index (χ2v) is 2.49. The topological polar surface area (TPSA) is 83.1 Å². The Labute approximate surface area is 74.1 Å². The van der Waals surface area contributed by atoms with E-state index in [1.54, 1.807) is 18.6 Å². The number of nitrogens with zero attached hydrogens (tertiary/aromatic N) is 4. The van der Waals surface area contributed by atoms with Crippen molar-refractivity contribution < 1.29 is 0 Å². The lowest BCUT2D eigenvalue weighted by Crippen LogP contribution is -2.00. The summed E-state index contributed by atoms with van der Waals surface area (Å²) in [6, 6.07) is 0. The normalized spacial score (nSPS) is 12.6. The number of hydrogen-bond acceptors (Lipinski definition) is 4. The molecule has 1 unspecified atom stereocenters. The van der Waals surface area contributed by atoms with Crippen molar-refractivity contribution in [2.75, 3.05) is 0 Å². The minimum atomic E-state index is -0.0822.